The Kier molecular flexibility index (Phi) is 4.87. The molecule has 0 bridgehead atoms. The van der Waals surface area contributed by atoms with E-state index >= 15 is 0 Å². The van der Waals surface area contributed by atoms with Crippen LogP contribution in [0.15, 0.2) is 30.0 Å². The van der Waals surface area contributed by atoms with Crippen molar-refractivity contribution in [1.29, 1.82) is 0 Å². The first-order valence-electron chi connectivity index (χ1n) is 3.51. The zero-order valence-electron chi connectivity index (χ0n) is 6.63. The molecule has 0 aromatic carbocycles. The van der Waals surface area contributed by atoms with Gasteiger partial charge in [0.05, 0.1) is 5.57 Å². The normalized spacial score (nSPS) is 10.5. The van der Waals surface area contributed by atoms with Gasteiger partial charge in [-0.05, 0) is 12.5 Å². The van der Waals surface area contributed by atoms with E-state index in [4.69, 9.17) is 5.11 Å². The van der Waals surface area contributed by atoms with E-state index in [1.165, 1.54) is 6.08 Å². The average Bonchev–Trinajstić information content (AvgIpc) is 1.97. The molecule has 11 heavy (non-hydrogen) atoms. The first-order valence-corrected chi connectivity index (χ1v) is 3.51. The second-order valence-electron chi connectivity index (χ2n) is 2.10. The summed E-state index contributed by atoms with van der Waals surface area (Å²) in [7, 11) is 0. The van der Waals surface area contributed by atoms with Crippen LogP contribution in [-0.2, 0) is 4.79 Å². The van der Waals surface area contributed by atoms with Crippen LogP contribution in [-0.4, -0.2) is 11.1 Å². The molecule has 0 aliphatic carbocycles. The molecule has 0 aromatic heterocycles. The SMILES string of the molecule is C=C=CC(=CCCC)C(=O)O. The van der Waals surface area contributed by atoms with Gasteiger partial charge in [0.25, 0.3) is 0 Å². The Balaban J connectivity index is 4.32. The van der Waals surface area contributed by atoms with E-state index in [1.807, 2.05) is 6.92 Å². The molecule has 0 spiro atoms. The fraction of sp³-hybridized carbons (Fsp3) is 0.333. The monoisotopic (exact) mass is 152 g/mol. The third-order valence-corrected chi connectivity index (χ3v) is 1.16. The van der Waals surface area contributed by atoms with Crippen LogP contribution in [0.2, 0.25) is 0 Å². The van der Waals surface area contributed by atoms with Crippen molar-refractivity contribution in [1.82, 2.24) is 0 Å². The van der Waals surface area contributed by atoms with Crippen molar-refractivity contribution in [3.05, 3.63) is 30.0 Å². The Morgan fingerprint density at radius 2 is 2.36 bits per heavy atom. The van der Waals surface area contributed by atoms with Gasteiger partial charge in [-0.3, -0.25) is 0 Å². The molecule has 0 aliphatic heterocycles. The van der Waals surface area contributed by atoms with Crippen molar-refractivity contribution in [2.75, 3.05) is 0 Å². The maximum atomic E-state index is 10.4. The summed E-state index contributed by atoms with van der Waals surface area (Å²) in [6.07, 6.45) is 4.76. The highest BCUT2D eigenvalue weighted by Crippen LogP contribution is 2.00. The summed E-state index contributed by atoms with van der Waals surface area (Å²) in [5, 5.41) is 8.56. The van der Waals surface area contributed by atoms with E-state index in [0.29, 0.717) is 0 Å². The van der Waals surface area contributed by atoms with Crippen molar-refractivity contribution in [2.45, 2.75) is 19.8 Å². The van der Waals surface area contributed by atoms with E-state index in [-0.39, 0.29) is 5.57 Å². The third-order valence-electron chi connectivity index (χ3n) is 1.16. The van der Waals surface area contributed by atoms with Crippen LogP contribution in [0.3, 0.4) is 0 Å². The standard InChI is InChI=1S/C9H12O2/c1-3-5-7-8(6-4-2)9(10)11/h6-7H,2-3,5H2,1H3,(H,10,11). The number of carboxylic acids is 1. The molecule has 2 nitrogen and oxygen atoms in total. The minimum atomic E-state index is -0.922. The van der Waals surface area contributed by atoms with Crippen molar-refractivity contribution < 1.29 is 9.90 Å². The van der Waals surface area contributed by atoms with Crippen LogP contribution >= 0.6 is 0 Å². The molecule has 0 rings (SSSR count). The van der Waals surface area contributed by atoms with Gasteiger partial charge in [0.2, 0.25) is 0 Å². The first-order chi connectivity index (χ1) is 5.22. The molecule has 0 aliphatic rings. The molecule has 0 amide bonds. The molecule has 0 saturated carbocycles. The van der Waals surface area contributed by atoms with Crippen LogP contribution in [0.4, 0.5) is 0 Å². The Bertz CT molecular complexity index is 204. The Labute approximate surface area is 66.5 Å². The highest BCUT2D eigenvalue weighted by atomic mass is 16.4. The molecule has 0 aromatic rings. The van der Waals surface area contributed by atoms with Crippen LogP contribution < -0.4 is 0 Å². The predicted octanol–water partition coefficient (Wildman–Crippen LogP) is 2.14. The predicted molar refractivity (Wildman–Crippen MR) is 44.3 cm³/mol. The van der Waals surface area contributed by atoms with Crippen LogP contribution in [0, 0.1) is 0 Å². The molecule has 1 N–H and O–H groups in total. The van der Waals surface area contributed by atoms with Gasteiger partial charge in [-0.2, -0.15) is 0 Å². The second-order valence-corrected chi connectivity index (χ2v) is 2.10. The van der Waals surface area contributed by atoms with Crippen LogP contribution in [0.25, 0.3) is 0 Å². The van der Waals surface area contributed by atoms with Gasteiger partial charge in [0.15, 0.2) is 0 Å². The zero-order chi connectivity index (χ0) is 8.69. The van der Waals surface area contributed by atoms with Crippen molar-refractivity contribution >= 4 is 5.97 Å². The summed E-state index contributed by atoms with van der Waals surface area (Å²) < 4.78 is 0. The molecule has 0 fully saturated rings. The quantitative estimate of drug-likeness (QED) is 0.380. The topological polar surface area (TPSA) is 37.3 Å². The number of carboxylic acid groups (broad SMARTS) is 1. The van der Waals surface area contributed by atoms with Gasteiger partial charge in [0, 0.05) is 0 Å². The van der Waals surface area contributed by atoms with Crippen molar-refractivity contribution in [3.8, 4) is 0 Å². The van der Waals surface area contributed by atoms with Crippen molar-refractivity contribution in [3.63, 3.8) is 0 Å². The second kappa shape index (κ2) is 5.51. The maximum Gasteiger partial charge on any atom is 0.335 e. The maximum absolute atomic E-state index is 10.4. The Morgan fingerprint density at radius 3 is 2.73 bits per heavy atom. The summed E-state index contributed by atoms with van der Waals surface area (Å²) >= 11 is 0. The fourth-order valence-electron chi connectivity index (χ4n) is 0.618. The van der Waals surface area contributed by atoms with E-state index in [2.05, 4.69) is 12.3 Å². The van der Waals surface area contributed by atoms with E-state index < -0.39 is 5.97 Å². The lowest BCUT2D eigenvalue weighted by molar-refractivity contribution is -0.132. The number of allylic oxidation sites excluding steroid dienone is 1. The largest absolute Gasteiger partial charge is 0.478 e. The first kappa shape index (κ1) is 9.73. The summed E-state index contributed by atoms with van der Waals surface area (Å²) in [6.45, 7) is 5.30. The number of hydrogen-bond acceptors (Lipinski definition) is 1. The van der Waals surface area contributed by atoms with Gasteiger partial charge in [-0.15, -0.1) is 5.73 Å². The van der Waals surface area contributed by atoms with Crippen LogP contribution in [0.1, 0.15) is 19.8 Å². The summed E-state index contributed by atoms with van der Waals surface area (Å²) in [5.74, 6) is -0.922. The molecule has 60 valence electrons. The number of unbranched alkanes of at least 4 members (excludes halogenated alkanes) is 1. The van der Waals surface area contributed by atoms with Crippen LogP contribution in [0.5, 0.6) is 0 Å². The lowest BCUT2D eigenvalue weighted by atomic mass is 10.2. The lowest BCUT2D eigenvalue weighted by Crippen LogP contribution is -1.96. The number of rotatable bonds is 4. The molecule has 0 heterocycles. The summed E-state index contributed by atoms with van der Waals surface area (Å²) in [4.78, 5) is 10.4. The van der Waals surface area contributed by atoms with Gasteiger partial charge in [0.1, 0.15) is 0 Å². The average molecular weight is 152 g/mol. The molecule has 0 radical (unpaired) electrons. The minimum absolute atomic E-state index is 0.266. The fourth-order valence-corrected chi connectivity index (χ4v) is 0.618. The molecule has 0 unspecified atom stereocenters. The number of hydrogen-bond donors (Lipinski definition) is 1. The van der Waals surface area contributed by atoms with E-state index in [9.17, 15) is 4.79 Å². The minimum Gasteiger partial charge on any atom is -0.478 e. The Hall–Kier alpha value is -1.27. The molecular formula is C9H12O2. The highest BCUT2D eigenvalue weighted by Gasteiger charge is 1.99. The summed E-state index contributed by atoms with van der Waals surface area (Å²) in [6, 6.07) is 0. The smallest absolute Gasteiger partial charge is 0.335 e. The Morgan fingerprint density at radius 1 is 1.73 bits per heavy atom. The third kappa shape index (κ3) is 4.18. The molecular weight excluding hydrogens is 140 g/mol. The zero-order valence-corrected chi connectivity index (χ0v) is 6.63. The van der Waals surface area contributed by atoms with Gasteiger partial charge in [-0.1, -0.05) is 26.0 Å². The van der Waals surface area contributed by atoms with E-state index in [1.54, 1.807) is 6.08 Å². The number of carbonyl (C=O) groups is 1. The number of aliphatic carboxylic acids is 1. The van der Waals surface area contributed by atoms with Crippen molar-refractivity contribution in [2.24, 2.45) is 0 Å². The molecule has 0 saturated heterocycles. The highest BCUT2D eigenvalue weighted by molar-refractivity contribution is 5.89. The summed E-state index contributed by atoms with van der Waals surface area (Å²) in [5.41, 5.74) is 2.70. The van der Waals surface area contributed by atoms with E-state index in [0.717, 1.165) is 12.8 Å². The van der Waals surface area contributed by atoms with Gasteiger partial charge in [-0.25, -0.2) is 4.79 Å². The van der Waals surface area contributed by atoms with Gasteiger partial charge < -0.3 is 5.11 Å². The van der Waals surface area contributed by atoms with Gasteiger partial charge >= 0.3 is 5.97 Å². The molecule has 2 heteroatoms. The molecule has 0 atom stereocenters. The lowest BCUT2D eigenvalue weighted by Gasteiger charge is -1.91.